The van der Waals surface area contributed by atoms with Gasteiger partial charge in [0, 0.05) is 25.5 Å². The van der Waals surface area contributed by atoms with E-state index in [9.17, 15) is 14.4 Å². The van der Waals surface area contributed by atoms with Gasteiger partial charge < -0.3 is 15.5 Å². The molecule has 1 aromatic rings. The Morgan fingerprint density at radius 2 is 1.75 bits per heavy atom. The van der Waals surface area contributed by atoms with E-state index < -0.39 is 17.5 Å². The molecule has 2 N–H and O–H groups in total. The summed E-state index contributed by atoms with van der Waals surface area (Å²) in [4.78, 5) is 39.6. The molecule has 0 atom stereocenters. The first-order valence-corrected chi connectivity index (χ1v) is 8.04. The third-order valence-corrected chi connectivity index (χ3v) is 4.42. The van der Waals surface area contributed by atoms with Crippen LogP contribution in [0.2, 0.25) is 0 Å². The van der Waals surface area contributed by atoms with Gasteiger partial charge in [0.25, 0.3) is 5.91 Å². The zero-order valence-electron chi connectivity index (χ0n) is 14.5. The summed E-state index contributed by atoms with van der Waals surface area (Å²) < 4.78 is 0. The second kappa shape index (κ2) is 6.90. The second-order valence-corrected chi connectivity index (χ2v) is 6.10. The van der Waals surface area contributed by atoms with Crippen LogP contribution in [0.3, 0.4) is 0 Å². The number of nitrogens with zero attached hydrogens (tertiary/aromatic N) is 2. The molecule has 7 heteroatoms. The largest absolute Gasteiger partial charge is 0.378 e. The number of amides is 4. The van der Waals surface area contributed by atoms with Crippen molar-refractivity contribution in [2.45, 2.75) is 32.2 Å². The zero-order chi connectivity index (χ0) is 17.9. The van der Waals surface area contributed by atoms with Crippen molar-refractivity contribution < 1.29 is 14.4 Å². The minimum atomic E-state index is -0.884. The van der Waals surface area contributed by atoms with Gasteiger partial charge in [-0.1, -0.05) is 13.8 Å². The highest BCUT2D eigenvalue weighted by Gasteiger charge is 2.49. The van der Waals surface area contributed by atoms with Crippen LogP contribution >= 0.6 is 0 Å². The predicted molar refractivity (Wildman–Crippen MR) is 93.0 cm³/mol. The molecular formula is C17H24N4O3. The first kappa shape index (κ1) is 17.8. The van der Waals surface area contributed by atoms with Crippen molar-refractivity contribution in [3.05, 3.63) is 24.3 Å². The molecule has 2 rings (SSSR count). The molecule has 0 spiro atoms. The van der Waals surface area contributed by atoms with E-state index in [4.69, 9.17) is 0 Å². The zero-order valence-corrected chi connectivity index (χ0v) is 14.5. The Hall–Kier alpha value is -2.57. The molecule has 1 aliphatic heterocycles. The van der Waals surface area contributed by atoms with Gasteiger partial charge in [0.1, 0.15) is 12.1 Å². The number of carbonyl (C=O) groups is 3. The molecule has 0 unspecified atom stereocenters. The molecule has 0 radical (unpaired) electrons. The molecule has 1 heterocycles. The number of carbonyl (C=O) groups excluding carboxylic acids is 3. The summed E-state index contributed by atoms with van der Waals surface area (Å²) in [5.41, 5.74) is 0.748. The second-order valence-electron chi connectivity index (χ2n) is 6.10. The molecule has 0 aliphatic carbocycles. The first-order chi connectivity index (χ1) is 11.3. The Balaban J connectivity index is 2.02. The lowest BCUT2D eigenvalue weighted by atomic mass is 9.93. The van der Waals surface area contributed by atoms with Crippen LogP contribution in [0.15, 0.2) is 24.3 Å². The maximum atomic E-state index is 12.5. The minimum Gasteiger partial charge on any atom is -0.378 e. The van der Waals surface area contributed by atoms with Crippen LogP contribution in [-0.4, -0.2) is 48.9 Å². The number of urea groups is 1. The summed E-state index contributed by atoms with van der Waals surface area (Å²) in [7, 11) is 3.86. The van der Waals surface area contributed by atoms with Gasteiger partial charge in [0.05, 0.1) is 0 Å². The summed E-state index contributed by atoms with van der Waals surface area (Å²) in [6.07, 6.45) is 0.996. The highest BCUT2D eigenvalue weighted by Crippen LogP contribution is 2.24. The van der Waals surface area contributed by atoms with Gasteiger partial charge in [0.15, 0.2) is 0 Å². The summed E-state index contributed by atoms with van der Waals surface area (Å²) in [6, 6.07) is 6.80. The van der Waals surface area contributed by atoms with Crippen LogP contribution in [-0.2, 0) is 9.59 Å². The van der Waals surface area contributed by atoms with E-state index in [1.54, 1.807) is 12.1 Å². The van der Waals surface area contributed by atoms with Crippen LogP contribution in [0.5, 0.6) is 0 Å². The van der Waals surface area contributed by atoms with Gasteiger partial charge in [-0.25, -0.2) is 4.79 Å². The van der Waals surface area contributed by atoms with Crippen molar-refractivity contribution >= 4 is 29.2 Å². The Bertz CT molecular complexity index is 636. The average molecular weight is 332 g/mol. The molecule has 1 saturated heterocycles. The van der Waals surface area contributed by atoms with E-state index >= 15 is 0 Å². The van der Waals surface area contributed by atoms with Crippen molar-refractivity contribution in [2.24, 2.45) is 0 Å². The smallest absolute Gasteiger partial charge is 0.325 e. The van der Waals surface area contributed by atoms with Gasteiger partial charge in [-0.15, -0.1) is 0 Å². The number of anilines is 2. The van der Waals surface area contributed by atoms with Gasteiger partial charge in [0.2, 0.25) is 5.91 Å². The lowest BCUT2D eigenvalue weighted by Crippen LogP contribution is -2.46. The Morgan fingerprint density at radius 1 is 1.17 bits per heavy atom. The maximum Gasteiger partial charge on any atom is 0.325 e. The number of rotatable bonds is 6. The normalized spacial score (nSPS) is 16.1. The molecule has 0 saturated carbocycles. The van der Waals surface area contributed by atoms with E-state index in [0.717, 1.165) is 10.6 Å². The number of nitrogens with one attached hydrogen (secondary N) is 2. The van der Waals surface area contributed by atoms with E-state index in [-0.39, 0.29) is 12.5 Å². The van der Waals surface area contributed by atoms with Crippen LogP contribution in [0.1, 0.15) is 26.7 Å². The molecule has 1 aromatic carbocycles. The molecule has 0 bridgehead atoms. The fraction of sp³-hybridized carbons (Fsp3) is 0.471. The molecule has 1 fully saturated rings. The van der Waals surface area contributed by atoms with Crippen LogP contribution in [0.25, 0.3) is 0 Å². The standard InChI is InChI=1S/C17H24N4O3/c1-5-17(6-2)15(23)21(16(24)19-17)11-14(22)18-12-7-9-13(10-8-12)20(3)4/h7-10H,5-6,11H2,1-4H3,(H,18,22)(H,19,24). The first-order valence-electron chi connectivity index (χ1n) is 8.04. The molecule has 24 heavy (non-hydrogen) atoms. The third-order valence-electron chi connectivity index (χ3n) is 4.42. The Labute approximate surface area is 142 Å². The van der Waals surface area contributed by atoms with Crippen LogP contribution in [0, 0.1) is 0 Å². The fourth-order valence-corrected chi connectivity index (χ4v) is 2.74. The highest BCUT2D eigenvalue weighted by atomic mass is 16.2. The number of hydrogen-bond donors (Lipinski definition) is 2. The molecule has 4 amide bonds. The molecule has 7 nitrogen and oxygen atoms in total. The molecule has 0 aromatic heterocycles. The van der Waals surface area contributed by atoms with Gasteiger partial charge in [-0.3, -0.25) is 14.5 Å². The van der Waals surface area contributed by atoms with E-state index in [2.05, 4.69) is 10.6 Å². The van der Waals surface area contributed by atoms with Gasteiger partial charge >= 0.3 is 6.03 Å². The van der Waals surface area contributed by atoms with Crippen molar-refractivity contribution in [2.75, 3.05) is 30.9 Å². The summed E-state index contributed by atoms with van der Waals surface area (Å²) in [5.74, 6) is -0.741. The SMILES string of the molecule is CCC1(CC)NC(=O)N(CC(=O)Nc2ccc(N(C)C)cc2)C1=O. The molecule has 1 aliphatic rings. The lowest BCUT2D eigenvalue weighted by Gasteiger charge is -2.23. The summed E-state index contributed by atoms with van der Waals surface area (Å²) in [6.45, 7) is 3.40. The van der Waals surface area contributed by atoms with Gasteiger partial charge in [-0.05, 0) is 37.1 Å². The summed E-state index contributed by atoms with van der Waals surface area (Å²) in [5, 5.41) is 5.42. The average Bonchev–Trinajstić information content (AvgIpc) is 2.80. The third kappa shape index (κ3) is 3.34. The number of hydrogen-bond acceptors (Lipinski definition) is 4. The van der Waals surface area contributed by atoms with Crippen LogP contribution < -0.4 is 15.5 Å². The lowest BCUT2D eigenvalue weighted by molar-refractivity contribution is -0.134. The minimum absolute atomic E-state index is 0.290. The van der Waals surface area contributed by atoms with E-state index in [0.29, 0.717) is 18.5 Å². The van der Waals surface area contributed by atoms with Crippen LogP contribution in [0.4, 0.5) is 16.2 Å². The quantitative estimate of drug-likeness (QED) is 0.778. The Morgan fingerprint density at radius 3 is 2.21 bits per heavy atom. The van der Waals surface area contributed by atoms with Crippen molar-refractivity contribution in [3.63, 3.8) is 0 Å². The fourth-order valence-electron chi connectivity index (χ4n) is 2.74. The molecule has 130 valence electrons. The molecular weight excluding hydrogens is 308 g/mol. The predicted octanol–water partition coefficient (Wildman–Crippen LogP) is 1.80. The van der Waals surface area contributed by atoms with Crippen molar-refractivity contribution in [3.8, 4) is 0 Å². The summed E-state index contributed by atoms with van der Waals surface area (Å²) >= 11 is 0. The monoisotopic (exact) mass is 332 g/mol. The number of imide groups is 1. The maximum absolute atomic E-state index is 12.5. The Kier molecular flexibility index (Phi) is 5.11. The van der Waals surface area contributed by atoms with Gasteiger partial charge in [-0.2, -0.15) is 0 Å². The van der Waals surface area contributed by atoms with Crippen molar-refractivity contribution in [1.29, 1.82) is 0 Å². The highest BCUT2D eigenvalue weighted by molar-refractivity contribution is 6.10. The van der Waals surface area contributed by atoms with Crippen molar-refractivity contribution in [1.82, 2.24) is 10.2 Å². The van der Waals surface area contributed by atoms with E-state index in [1.165, 1.54) is 0 Å². The topological polar surface area (TPSA) is 81.8 Å². The van der Waals surface area contributed by atoms with E-state index in [1.807, 2.05) is 45.0 Å². The number of benzene rings is 1.